The summed E-state index contributed by atoms with van der Waals surface area (Å²) in [5.41, 5.74) is 4.34. The fourth-order valence-corrected chi connectivity index (χ4v) is 1.48. The van der Waals surface area contributed by atoms with Crippen LogP contribution in [0.1, 0.15) is 25.7 Å². The number of nitrogens with two attached hydrogens (primary N) is 1. The Morgan fingerprint density at radius 1 is 1.47 bits per heavy atom. The van der Waals surface area contributed by atoms with Gasteiger partial charge in [0.25, 0.3) is 0 Å². The van der Waals surface area contributed by atoms with E-state index in [-0.39, 0.29) is 18.8 Å². The molecular formula is C9H14F3N3O2. The molecule has 1 saturated carbocycles. The van der Waals surface area contributed by atoms with E-state index in [2.05, 4.69) is 10.5 Å². The number of nitrogens with zero attached hydrogens (tertiary/aromatic N) is 1. The van der Waals surface area contributed by atoms with Gasteiger partial charge in [-0.2, -0.15) is 13.2 Å². The molecule has 0 spiro atoms. The summed E-state index contributed by atoms with van der Waals surface area (Å²) in [6.07, 6.45) is -4.43. The van der Waals surface area contributed by atoms with Gasteiger partial charge in [0.1, 0.15) is 5.41 Å². The summed E-state index contributed by atoms with van der Waals surface area (Å²) in [6.45, 7) is -0.0706. The Morgan fingerprint density at radius 3 is 2.47 bits per heavy atom. The first-order chi connectivity index (χ1) is 7.82. The van der Waals surface area contributed by atoms with E-state index in [0.717, 1.165) is 0 Å². The second-order valence-corrected chi connectivity index (χ2v) is 4.04. The maximum atomic E-state index is 11.8. The fraction of sp³-hybridized carbons (Fsp3) is 0.778. The van der Waals surface area contributed by atoms with Gasteiger partial charge in [0.05, 0.1) is 0 Å². The molecule has 98 valence electrons. The van der Waals surface area contributed by atoms with Crippen LogP contribution in [0.2, 0.25) is 0 Å². The van der Waals surface area contributed by atoms with E-state index >= 15 is 0 Å². The first kappa shape index (κ1) is 13.6. The molecule has 0 bridgehead atoms. The minimum absolute atomic E-state index is 0.0706. The molecule has 1 aliphatic rings. The smallest absolute Gasteiger partial charge is 0.389 e. The number of halogens is 3. The second-order valence-electron chi connectivity index (χ2n) is 4.04. The predicted octanol–water partition coefficient (Wildman–Crippen LogP) is 0.972. The molecule has 5 nitrogen and oxygen atoms in total. The lowest BCUT2D eigenvalue weighted by Crippen LogP contribution is -2.41. The number of nitrogens with one attached hydrogen (secondary N) is 1. The van der Waals surface area contributed by atoms with Gasteiger partial charge in [-0.1, -0.05) is 5.16 Å². The van der Waals surface area contributed by atoms with E-state index in [1.54, 1.807) is 0 Å². The number of hydrogen-bond acceptors (Lipinski definition) is 3. The quantitative estimate of drug-likeness (QED) is 0.224. The zero-order chi connectivity index (χ0) is 13.1. The first-order valence-electron chi connectivity index (χ1n) is 5.15. The van der Waals surface area contributed by atoms with Crippen LogP contribution >= 0.6 is 0 Å². The van der Waals surface area contributed by atoms with Crippen molar-refractivity contribution in [2.24, 2.45) is 16.3 Å². The number of hydrogen-bond donors (Lipinski definition) is 3. The van der Waals surface area contributed by atoms with Crippen molar-refractivity contribution < 1.29 is 23.2 Å². The van der Waals surface area contributed by atoms with E-state index in [1.807, 2.05) is 0 Å². The normalized spacial score (nSPS) is 18.9. The number of alkyl halides is 3. The van der Waals surface area contributed by atoms with Crippen LogP contribution < -0.4 is 11.1 Å². The van der Waals surface area contributed by atoms with Crippen LogP contribution in [-0.4, -0.2) is 29.7 Å². The van der Waals surface area contributed by atoms with Gasteiger partial charge in [-0.15, -0.1) is 0 Å². The average molecular weight is 253 g/mol. The van der Waals surface area contributed by atoms with Gasteiger partial charge >= 0.3 is 6.18 Å². The van der Waals surface area contributed by atoms with Crippen LogP contribution in [-0.2, 0) is 4.79 Å². The molecule has 4 N–H and O–H groups in total. The maximum Gasteiger partial charge on any atom is 0.389 e. The van der Waals surface area contributed by atoms with Gasteiger partial charge in [0.15, 0.2) is 5.84 Å². The van der Waals surface area contributed by atoms with Crippen molar-refractivity contribution in [1.82, 2.24) is 5.32 Å². The molecule has 0 aliphatic heterocycles. The minimum Gasteiger partial charge on any atom is -0.409 e. The highest BCUT2D eigenvalue weighted by atomic mass is 19.4. The number of carbonyl (C=O) groups excluding carboxylic acids is 1. The highest BCUT2D eigenvalue weighted by Gasteiger charge is 2.54. The summed E-state index contributed by atoms with van der Waals surface area (Å²) in [7, 11) is 0. The summed E-state index contributed by atoms with van der Waals surface area (Å²) < 4.78 is 35.5. The van der Waals surface area contributed by atoms with Crippen LogP contribution in [0.4, 0.5) is 13.2 Å². The highest BCUT2D eigenvalue weighted by Crippen LogP contribution is 2.46. The van der Waals surface area contributed by atoms with Crippen molar-refractivity contribution in [2.75, 3.05) is 6.54 Å². The molecule has 17 heavy (non-hydrogen) atoms. The molecule has 8 heteroatoms. The summed E-state index contributed by atoms with van der Waals surface area (Å²) in [4.78, 5) is 11.6. The largest absolute Gasteiger partial charge is 0.409 e. The lowest BCUT2D eigenvalue weighted by atomic mass is 10.1. The number of amidine groups is 1. The molecule has 1 amide bonds. The number of amides is 1. The molecule has 0 unspecified atom stereocenters. The Labute approximate surface area is 95.8 Å². The minimum atomic E-state index is -4.21. The molecule has 0 aromatic heterocycles. The molecule has 0 atom stereocenters. The number of rotatable bonds is 5. The number of oxime groups is 1. The third kappa shape index (κ3) is 3.50. The monoisotopic (exact) mass is 253 g/mol. The second kappa shape index (κ2) is 4.80. The Morgan fingerprint density at radius 2 is 2.06 bits per heavy atom. The summed E-state index contributed by atoms with van der Waals surface area (Å²) in [5, 5.41) is 13.6. The summed E-state index contributed by atoms with van der Waals surface area (Å²) in [5.74, 6) is -0.666. The van der Waals surface area contributed by atoms with E-state index in [4.69, 9.17) is 10.9 Å². The van der Waals surface area contributed by atoms with E-state index in [9.17, 15) is 18.0 Å². The van der Waals surface area contributed by atoms with Gasteiger partial charge < -0.3 is 16.3 Å². The van der Waals surface area contributed by atoms with Crippen LogP contribution in [0.15, 0.2) is 5.16 Å². The number of carbonyl (C=O) groups is 1. The Balaban J connectivity index is 2.32. The van der Waals surface area contributed by atoms with E-state index < -0.39 is 23.9 Å². The van der Waals surface area contributed by atoms with Gasteiger partial charge in [-0.25, -0.2) is 0 Å². The Hall–Kier alpha value is -1.47. The molecule has 1 fully saturated rings. The highest BCUT2D eigenvalue weighted by molar-refractivity contribution is 6.09. The molecule has 0 radical (unpaired) electrons. The van der Waals surface area contributed by atoms with Crippen LogP contribution in [0.5, 0.6) is 0 Å². The third-order valence-electron chi connectivity index (χ3n) is 2.71. The average Bonchev–Trinajstić information content (AvgIpc) is 3.02. The Bertz CT molecular complexity index is 324. The molecule has 0 aromatic rings. The van der Waals surface area contributed by atoms with E-state index in [1.165, 1.54) is 0 Å². The SMILES string of the molecule is NC(=NO)C1(C(=O)NCCCC(F)(F)F)CC1. The van der Waals surface area contributed by atoms with Crippen LogP contribution in [0.25, 0.3) is 0 Å². The van der Waals surface area contributed by atoms with Crippen molar-refractivity contribution in [3.8, 4) is 0 Å². The van der Waals surface area contributed by atoms with Gasteiger partial charge in [0.2, 0.25) is 5.91 Å². The maximum absolute atomic E-state index is 11.8. The lowest BCUT2D eigenvalue weighted by molar-refractivity contribution is -0.136. The molecule has 0 saturated heterocycles. The van der Waals surface area contributed by atoms with Crippen LogP contribution in [0, 0.1) is 5.41 Å². The molecule has 0 heterocycles. The van der Waals surface area contributed by atoms with Gasteiger partial charge in [-0.3, -0.25) is 4.79 Å². The predicted molar refractivity (Wildman–Crippen MR) is 53.4 cm³/mol. The summed E-state index contributed by atoms with van der Waals surface area (Å²) >= 11 is 0. The first-order valence-corrected chi connectivity index (χ1v) is 5.15. The zero-order valence-corrected chi connectivity index (χ0v) is 9.05. The lowest BCUT2D eigenvalue weighted by Gasteiger charge is -2.13. The van der Waals surface area contributed by atoms with Crippen molar-refractivity contribution >= 4 is 11.7 Å². The van der Waals surface area contributed by atoms with E-state index in [0.29, 0.717) is 12.8 Å². The van der Waals surface area contributed by atoms with Crippen molar-refractivity contribution in [1.29, 1.82) is 0 Å². The van der Waals surface area contributed by atoms with Crippen LogP contribution in [0.3, 0.4) is 0 Å². The third-order valence-corrected chi connectivity index (χ3v) is 2.71. The zero-order valence-electron chi connectivity index (χ0n) is 9.05. The van der Waals surface area contributed by atoms with Gasteiger partial charge in [-0.05, 0) is 19.3 Å². The molecule has 0 aromatic carbocycles. The Kier molecular flexibility index (Phi) is 3.84. The standard InChI is InChI=1S/C9H14F3N3O2/c10-9(11,12)2-1-5-14-7(16)8(3-4-8)6(13)15-17/h17H,1-5H2,(H2,13,15)(H,14,16). The van der Waals surface area contributed by atoms with Crippen molar-refractivity contribution in [3.05, 3.63) is 0 Å². The van der Waals surface area contributed by atoms with Crippen molar-refractivity contribution in [3.63, 3.8) is 0 Å². The molecular weight excluding hydrogens is 239 g/mol. The summed E-state index contributed by atoms with van der Waals surface area (Å²) in [6, 6.07) is 0. The fourth-order valence-electron chi connectivity index (χ4n) is 1.48. The topological polar surface area (TPSA) is 87.7 Å². The van der Waals surface area contributed by atoms with Gasteiger partial charge in [0, 0.05) is 13.0 Å². The van der Waals surface area contributed by atoms with Crippen molar-refractivity contribution in [2.45, 2.75) is 31.9 Å². The molecule has 1 rings (SSSR count). The molecule has 1 aliphatic carbocycles.